The van der Waals surface area contributed by atoms with Crippen molar-refractivity contribution in [3.63, 3.8) is 0 Å². The largest absolute Gasteiger partial charge is 0.483 e. The Kier molecular flexibility index (Phi) is 3.76. The van der Waals surface area contributed by atoms with Gasteiger partial charge in [-0.15, -0.1) is 11.3 Å². The van der Waals surface area contributed by atoms with E-state index in [2.05, 4.69) is 0 Å². The average Bonchev–Trinajstić information content (AvgIpc) is 2.84. The third-order valence-corrected chi connectivity index (χ3v) is 3.46. The van der Waals surface area contributed by atoms with Crippen molar-refractivity contribution in [2.45, 2.75) is 13.0 Å². The van der Waals surface area contributed by atoms with Crippen molar-refractivity contribution in [3.8, 4) is 5.75 Å². The van der Waals surface area contributed by atoms with Crippen LogP contribution in [0.25, 0.3) is 0 Å². The number of hydrogen-bond acceptors (Lipinski definition) is 3. The lowest BCUT2D eigenvalue weighted by molar-refractivity contribution is 0.215. The fraction of sp³-hybridized carbons (Fsp3) is 0.231. The van der Waals surface area contributed by atoms with Gasteiger partial charge in [0, 0.05) is 17.5 Å². The third-order valence-electron chi connectivity index (χ3n) is 2.49. The standard InChI is InChI=1S/C13H14FNOS/c1-9-4-5-10(14)7-11(9)16-12(8-15)13-3-2-6-17-13/h2-7,12H,8,15H2,1H3. The molecular weight excluding hydrogens is 237 g/mol. The molecule has 0 aliphatic carbocycles. The third kappa shape index (κ3) is 2.84. The van der Waals surface area contributed by atoms with Gasteiger partial charge in [0.1, 0.15) is 17.7 Å². The lowest BCUT2D eigenvalue weighted by Crippen LogP contribution is -2.17. The molecule has 1 aromatic carbocycles. The molecule has 90 valence electrons. The fourth-order valence-corrected chi connectivity index (χ4v) is 2.32. The number of rotatable bonds is 4. The van der Waals surface area contributed by atoms with E-state index in [0.29, 0.717) is 12.3 Å². The second kappa shape index (κ2) is 5.29. The Morgan fingerprint density at radius 1 is 1.41 bits per heavy atom. The first kappa shape index (κ1) is 12.1. The van der Waals surface area contributed by atoms with Crippen molar-refractivity contribution in [2.24, 2.45) is 5.73 Å². The number of halogens is 1. The summed E-state index contributed by atoms with van der Waals surface area (Å²) in [5.41, 5.74) is 6.59. The molecule has 0 spiro atoms. The number of benzene rings is 1. The van der Waals surface area contributed by atoms with Crippen molar-refractivity contribution in [1.82, 2.24) is 0 Å². The topological polar surface area (TPSA) is 35.2 Å². The SMILES string of the molecule is Cc1ccc(F)cc1OC(CN)c1cccs1. The Bertz CT molecular complexity index is 484. The lowest BCUT2D eigenvalue weighted by Gasteiger charge is -2.17. The predicted octanol–water partition coefficient (Wildman–Crippen LogP) is 3.27. The minimum atomic E-state index is -0.299. The van der Waals surface area contributed by atoms with Gasteiger partial charge in [0.2, 0.25) is 0 Å². The van der Waals surface area contributed by atoms with Crippen LogP contribution in [0.4, 0.5) is 4.39 Å². The van der Waals surface area contributed by atoms with Gasteiger partial charge in [0.25, 0.3) is 0 Å². The Morgan fingerprint density at radius 3 is 2.88 bits per heavy atom. The molecule has 2 N–H and O–H groups in total. The molecule has 1 atom stereocenters. The van der Waals surface area contributed by atoms with Crippen LogP contribution in [0.2, 0.25) is 0 Å². The van der Waals surface area contributed by atoms with Gasteiger partial charge < -0.3 is 10.5 Å². The van der Waals surface area contributed by atoms with Crippen LogP contribution in [0, 0.1) is 12.7 Å². The lowest BCUT2D eigenvalue weighted by atomic mass is 10.2. The molecular formula is C13H14FNOS. The molecule has 0 saturated carbocycles. The highest BCUT2D eigenvalue weighted by Gasteiger charge is 2.14. The molecule has 0 radical (unpaired) electrons. The minimum Gasteiger partial charge on any atom is -0.483 e. The molecule has 17 heavy (non-hydrogen) atoms. The minimum absolute atomic E-state index is 0.213. The van der Waals surface area contributed by atoms with Gasteiger partial charge in [-0.3, -0.25) is 0 Å². The summed E-state index contributed by atoms with van der Waals surface area (Å²) in [5.74, 6) is 0.251. The summed E-state index contributed by atoms with van der Waals surface area (Å²) in [5, 5.41) is 1.97. The van der Waals surface area contributed by atoms with Gasteiger partial charge in [-0.05, 0) is 30.0 Å². The molecule has 2 aromatic rings. The Morgan fingerprint density at radius 2 is 2.24 bits per heavy atom. The summed E-state index contributed by atoms with van der Waals surface area (Å²) >= 11 is 1.59. The van der Waals surface area contributed by atoms with Crippen LogP contribution in [0.3, 0.4) is 0 Å². The Labute approximate surface area is 104 Å². The van der Waals surface area contributed by atoms with E-state index < -0.39 is 0 Å². The van der Waals surface area contributed by atoms with E-state index in [4.69, 9.17) is 10.5 Å². The predicted molar refractivity (Wildman–Crippen MR) is 67.9 cm³/mol. The highest BCUT2D eigenvalue weighted by atomic mass is 32.1. The van der Waals surface area contributed by atoms with Crippen molar-refractivity contribution in [1.29, 1.82) is 0 Å². The van der Waals surface area contributed by atoms with E-state index in [9.17, 15) is 4.39 Å². The summed E-state index contributed by atoms with van der Waals surface area (Å²) in [6.07, 6.45) is -0.213. The maximum Gasteiger partial charge on any atom is 0.145 e. The molecule has 2 nitrogen and oxygen atoms in total. The zero-order valence-corrected chi connectivity index (χ0v) is 10.3. The second-order valence-corrected chi connectivity index (χ2v) is 4.75. The van der Waals surface area contributed by atoms with Crippen LogP contribution < -0.4 is 10.5 Å². The molecule has 4 heteroatoms. The number of thiophene rings is 1. The van der Waals surface area contributed by atoms with Crippen LogP contribution >= 0.6 is 11.3 Å². The summed E-state index contributed by atoms with van der Waals surface area (Å²) in [6, 6.07) is 8.43. The van der Waals surface area contributed by atoms with Gasteiger partial charge in [-0.2, -0.15) is 0 Å². The van der Waals surface area contributed by atoms with Crippen molar-refractivity contribution in [3.05, 3.63) is 52.0 Å². The van der Waals surface area contributed by atoms with Crippen LogP contribution in [0.5, 0.6) is 5.75 Å². The molecule has 0 amide bonds. The number of hydrogen-bond donors (Lipinski definition) is 1. The molecule has 1 unspecified atom stereocenters. The molecule has 0 saturated heterocycles. The first-order valence-corrected chi connectivity index (χ1v) is 6.25. The van der Waals surface area contributed by atoms with Crippen LogP contribution in [-0.4, -0.2) is 6.54 Å². The highest BCUT2D eigenvalue weighted by molar-refractivity contribution is 7.10. The van der Waals surface area contributed by atoms with E-state index >= 15 is 0 Å². The number of aryl methyl sites for hydroxylation is 1. The van der Waals surface area contributed by atoms with E-state index in [1.165, 1.54) is 12.1 Å². The molecule has 0 fully saturated rings. The van der Waals surface area contributed by atoms with E-state index in [0.717, 1.165) is 10.4 Å². The molecule has 0 aliphatic rings. The summed E-state index contributed by atoms with van der Waals surface area (Å²) in [6.45, 7) is 2.26. The van der Waals surface area contributed by atoms with Crippen LogP contribution in [0.15, 0.2) is 35.7 Å². The van der Waals surface area contributed by atoms with Crippen molar-refractivity contribution >= 4 is 11.3 Å². The van der Waals surface area contributed by atoms with Gasteiger partial charge >= 0.3 is 0 Å². The van der Waals surface area contributed by atoms with E-state index in [-0.39, 0.29) is 11.9 Å². The first-order valence-electron chi connectivity index (χ1n) is 5.37. The molecule has 0 aliphatic heterocycles. The van der Waals surface area contributed by atoms with Gasteiger partial charge in [0.05, 0.1) is 0 Å². The molecule has 1 aromatic heterocycles. The smallest absolute Gasteiger partial charge is 0.145 e. The summed E-state index contributed by atoms with van der Waals surface area (Å²) in [4.78, 5) is 1.05. The normalized spacial score (nSPS) is 12.4. The van der Waals surface area contributed by atoms with E-state index in [1.54, 1.807) is 17.4 Å². The first-order chi connectivity index (χ1) is 8.20. The van der Waals surface area contributed by atoms with Crippen LogP contribution in [0.1, 0.15) is 16.5 Å². The Balaban J connectivity index is 2.21. The zero-order chi connectivity index (χ0) is 12.3. The van der Waals surface area contributed by atoms with Gasteiger partial charge in [-0.25, -0.2) is 4.39 Å². The Hall–Kier alpha value is -1.39. The van der Waals surface area contributed by atoms with Crippen molar-refractivity contribution in [2.75, 3.05) is 6.54 Å². The molecule has 2 rings (SSSR count). The fourth-order valence-electron chi connectivity index (χ4n) is 1.55. The highest BCUT2D eigenvalue weighted by Crippen LogP contribution is 2.27. The quantitative estimate of drug-likeness (QED) is 0.905. The maximum atomic E-state index is 13.1. The monoisotopic (exact) mass is 251 g/mol. The summed E-state index contributed by atoms with van der Waals surface area (Å²) in [7, 11) is 0. The average molecular weight is 251 g/mol. The maximum absolute atomic E-state index is 13.1. The summed E-state index contributed by atoms with van der Waals surface area (Å²) < 4.78 is 18.9. The van der Waals surface area contributed by atoms with E-state index in [1.807, 2.05) is 24.4 Å². The van der Waals surface area contributed by atoms with Gasteiger partial charge in [-0.1, -0.05) is 12.1 Å². The molecule has 1 heterocycles. The zero-order valence-electron chi connectivity index (χ0n) is 9.52. The van der Waals surface area contributed by atoms with Gasteiger partial charge in [0.15, 0.2) is 0 Å². The second-order valence-electron chi connectivity index (χ2n) is 3.77. The number of ether oxygens (including phenoxy) is 1. The molecule has 0 bridgehead atoms. The van der Waals surface area contributed by atoms with Crippen LogP contribution in [-0.2, 0) is 0 Å². The number of nitrogens with two attached hydrogens (primary N) is 1. The van der Waals surface area contributed by atoms with Crippen molar-refractivity contribution < 1.29 is 9.13 Å².